The zero-order chi connectivity index (χ0) is 19.8. The molecule has 0 spiro atoms. The fourth-order valence-electron chi connectivity index (χ4n) is 2.15. The lowest BCUT2D eigenvalue weighted by atomic mass is 10.1. The second-order valence-corrected chi connectivity index (χ2v) is 5.73. The van der Waals surface area contributed by atoms with Crippen molar-refractivity contribution in [1.82, 2.24) is 10.6 Å². The van der Waals surface area contributed by atoms with E-state index < -0.39 is 16.7 Å². The molecule has 0 radical (unpaired) electrons. The summed E-state index contributed by atoms with van der Waals surface area (Å²) in [5.74, 6) is -1.27. The fourth-order valence-corrected chi connectivity index (χ4v) is 2.37. The number of benzene rings is 2. The van der Waals surface area contributed by atoms with Crippen molar-refractivity contribution in [1.29, 1.82) is 0 Å². The monoisotopic (exact) mass is 389 g/mol. The van der Waals surface area contributed by atoms with Crippen molar-refractivity contribution in [3.63, 3.8) is 0 Å². The van der Waals surface area contributed by atoms with Gasteiger partial charge in [-0.25, -0.2) is 0 Å². The van der Waals surface area contributed by atoms with Gasteiger partial charge in [0.1, 0.15) is 5.70 Å². The Hall–Kier alpha value is -3.23. The summed E-state index contributed by atoms with van der Waals surface area (Å²) in [7, 11) is 0. The van der Waals surface area contributed by atoms with Crippen molar-refractivity contribution in [2.75, 3.05) is 13.2 Å². The molecule has 27 heavy (non-hydrogen) atoms. The van der Waals surface area contributed by atoms with Crippen LogP contribution in [0.3, 0.4) is 0 Å². The van der Waals surface area contributed by atoms with Crippen LogP contribution in [0.25, 0.3) is 6.08 Å². The molecule has 0 aliphatic carbocycles. The number of hydrogen-bond donors (Lipinski definition) is 3. The molecule has 9 heteroatoms. The molecular weight excluding hydrogens is 374 g/mol. The highest BCUT2D eigenvalue weighted by molar-refractivity contribution is 6.34. The van der Waals surface area contributed by atoms with E-state index in [-0.39, 0.29) is 35.1 Å². The number of nitro groups is 1. The first-order chi connectivity index (χ1) is 12.9. The minimum absolute atomic E-state index is 0.0208. The van der Waals surface area contributed by atoms with Gasteiger partial charge in [0.05, 0.1) is 22.1 Å². The molecular formula is C18H16ClN3O5. The third kappa shape index (κ3) is 5.63. The summed E-state index contributed by atoms with van der Waals surface area (Å²) < 4.78 is 0. The van der Waals surface area contributed by atoms with Crippen LogP contribution in [-0.2, 0) is 4.79 Å². The fraction of sp³-hybridized carbons (Fsp3) is 0.111. The molecule has 0 fully saturated rings. The lowest BCUT2D eigenvalue weighted by molar-refractivity contribution is -0.384. The van der Waals surface area contributed by atoms with Crippen molar-refractivity contribution < 1.29 is 19.6 Å². The first-order valence-electron chi connectivity index (χ1n) is 7.83. The maximum atomic E-state index is 12.4. The molecule has 140 valence electrons. The van der Waals surface area contributed by atoms with Gasteiger partial charge in [-0.05, 0) is 23.8 Å². The number of non-ortho nitro benzene ring substituents is 1. The Morgan fingerprint density at radius 2 is 1.93 bits per heavy atom. The third-order valence-corrected chi connectivity index (χ3v) is 3.73. The van der Waals surface area contributed by atoms with E-state index in [1.807, 2.05) is 0 Å². The molecule has 0 unspecified atom stereocenters. The van der Waals surface area contributed by atoms with Crippen LogP contribution in [0.4, 0.5) is 5.69 Å². The Kier molecular flexibility index (Phi) is 7.04. The SMILES string of the molecule is O=C(NCCO)C(=Cc1cccc([N+](=O)[O-])c1)NC(=O)c1ccccc1Cl. The summed E-state index contributed by atoms with van der Waals surface area (Å²) in [5.41, 5.74) is 0.210. The molecule has 0 saturated heterocycles. The van der Waals surface area contributed by atoms with E-state index in [0.29, 0.717) is 5.56 Å². The number of nitrogens with zero attached hydrogens (tertiary/aromatic N) is 1. The largest absolute Gasteiger partial charge is 0.395 e. The van der Waals surface area contributed by atoms with E-state index >= 15 is 0 Å². The van der Waals surface area contributed by atoms with Crippen molar-refractivity contribution in [2.45, 2.75) is 0 Å². The first kappa shape index (κ1) is 20.1. The predicted octanol–water partition coefficient (Wildman–Crippen LogP) is 2.13. The Bertz CT molecular complexity index is 898. The van der Waals surface area contributed by atoms with Crippen molar-refractivity contribution in [2.24, 2.45) is 0 Å². The number of aliphatic hydroxyl groups is 1. The highest BCUT2D eigenvalue weighted by Gasteiger charge is 2.16. The summed E-state index contributed by atoms with van der Waals surface area (Å²) in [4.78, 5) is 35.1. The van der Waals surface area contributed by atoms with Crippen LogP contribution in [-0.4, -0.2) is 35.0 Å². The van der Waals surface area contributed by atoms with Gasteiger partial charge in [-0.2, -0.15) is 0 Å². The van der Waals surface area contributed by atoms with Gasteiger partial charge >= 0.3 is 0 Å². The molecule has 0 heterocycles. The zero-order valence-corrected chi connectivity index (χ0v) is 14.8. The van der Waals surface area contributed by atoms with E-state index in [4.69, 9.17) is 16.7 Å². The summed E-state index contributed by atoms with van der Waals surface area (Å²) in [6, 6.07) is 11.9. The Labute approximate surface area is 159 Å². The van der Waals surface area contributed by atoms with Gasteiger partial charge in [-0.3, -0.25) is 19.7 Å². The average molecular weight is 390 g/mol. The smallest absolute Gasteiger partial charge is 0.270 e. The van der Waals surface area contributed by atoms with Crippen LogP contribution < -0.4 is 10.6 Å². The van der Waals surface area contributed by atoms with Crippen LogP contribution in [0.5, 0.6) is 0 Å². The number of hydrogen-bond acceptors (Lipinski definition) is 5. The Morgan fingerprint density at radius 1 is 1.19 bits per heavy atom. The van der Waals surface area contributed by atoms with Gasteiger partial charge < -0.3 is 15.7 Å². The molecule has 2 aromatic rings. The van der Waals surface area contributed by atoms with E-state index in [2.05, 4.69) is 10.6 Å². The van der Waals surface area contributed by atoms with Crippen LogP contribution in [0.1, 0.15) is 15.9 Å². The predicted molar refractivity (Wildman–Crippen MR) is 100 cm³/mol. The number of halogens is 1. The summed E-state index contributed by atoms with van der Waals surface area (Å²) in [6.07, 6.45) is 1.30. The van der Waals surface area contributed by atoms with Gasteiger partial charge in [0.2, 0.25) is 0 Å². The normalized spacial score (nSPS) is 11.0. The molecule has 2 aromatic carbocycles. The number of nitro benzene ring substituents is 1. The number of amides is 2. The zero-order valence-electron chi connectivity index (χ0n) is 14.0. The van der Waals surface area contributed by atoms with Crippen molar-refractivity contribution in [3.8, 4) is 0 Å². The average Bonchev–Trinajstić information content (AvgIpc) is 2.66. The lowest BCUT2D eigenvalue weighted by Gasteiger charge is -2.11. The second kappa shape index (κ2) is 9.46. The number of nitrogens with one attached hydrogen (secondary N) is 2. The molecule has 0 atom stereocenters. The van der Waals surface area contributed by atoms with Crippen LogP contribution in [0.15, 0.2) is 54.2 Å². The molecule has 0 aromatic heterocycles. The number of rotatable bonds is 7. The number of carbonyl (C=O) groups excluding carboxylic acids is 2. The maximum absolute atomic E-state index is 12.4. The summed E-state index contributed by atoms with van der Waals surface area (Å²) in [5, 5.41) is 24.9. The van der Waals surface area contributed by atoms with Gasteiger partial charge in [-0.1, -0.05) is 35.9 Å². The van der Waals surface area contributed by atoms with Crippen LogP contribution >= 0.6 is 11.6 Å². The third-order valence-electron chi connectivity index (χ3n) is 3.40. The van der Waals surface area contributed by atoms with Crippen molar-refractivity contribution >= 4 is 35.2 Å². The van der Waals surface area contributed by atoms with E-state index in [0.717, 1.165) is 0 Å². The standard InChI is InChI=1S/C18H16ClN3O5/c19-15-7-2-1-6-14(15)17(24)21-16(18(25)20-8-9-23)11-12-4-3-5-13(10-12)22(26)27/h1-7,10-11,23H,8-9H2,(H,20,25)(H,21,24). The Balaban J connectivity index is 2.35. The first-order valence-corrected chi connectivity index (χ1v) is 8.21. The summed E-state index contributed by atoms with van der Waals surface area (Å²) >= 11 is 5.99. The topological polar surface area (TPSA) is 122 Å². The Morgan fingerprint density at radius 3 is 2.59 bits per heavy atom. The molecule has 0 aliphatic heterocycles. The molecule has 2 amide bonds. The maximum Gasteiger partial charge on any atom is 0.270 e. The van der Waals surface area contributed by atoms with Crippen molar-refractivity contribution in [3.05, 3.63) is 80.5 Å². The van der Waals surface area contributed by atoms with Gasteiger partial charge in [0.25, 0.3) is 17.5 Å². The van der Waals surface area contributed by atoms with Crippen LogP contribution in [0.2, 0.25) is 5.02 Å². The van der Waals surface area contributed by atoms with Gasteiger partial charge in [-0.15, -0.1) is 0 Å². The number of aliphatic hydroxyl groups excluding tert-OH is 1. The van der Waals surface area contributed by atoms with E-state index in [9.17, 15) is 19.7 Å². The highest BCUT2D eigenvalue weighted by atomic mass is 35.5. The molecule has 0 aliphatic rings. The van der Waals surface area contributed by atoms with Crippen LogP contribution in [0, 0.1) is 10.1 Å². The quantitative estimate of drug-likeness (QED) is 0.380. The minimum Gasteiger partial charge on any atom is -0.395 e. The lowest BCUT2D eigenvalue weighted by Crippen LogP contribution is -2.36. The highest BCUT2D eigenvalue weighted by Crippen LogP contribution is 2.17. The molecule has 2 rings (SSSR count). The molecule has 3 N–H and O–H groups in total. The molecule has 8 nitrogen and oxygen atoms in total. The molecule has 0 bridgehead atoms. The van der Waals surface area contributed by atoms with E-state index in [1.165, 1.54) is 36.4 Å². The second-order valence-electron chi connectivity index (χ2n) is 5.32. The minimum atomic E-state index is -0.657. The molecule has 0 saturated carbocycles. The van der Waals surface area contributed by atoms with Gasteiger partial charge in [0.15, 0.2) is 0 Å². The van der Waals surface area contributed by atoms with E-state index in [1.54, 1.807) is 18.2 Å². The summed E-state index contributed by atoms with van der Waals surface area (Å²) in [6.45, 7) is -0.304. The number of carbonyl (C=O) groups is 2. The van der Waals surface area contributed by atoms with Gasteiger partial charge in [0, 0.05) is 18.7 Å².